The second kappa shape index (κ2) is 4.47. The Morgan fingerprint density at radius 1 is 1.29 bits per heavy atom. The number of hydrogen-bond donors (Lipinski definition) is 1. The maximum Gasteiger partial charge on any atom is 0.0366 e. The molecule has 0 aliphatic carbocycles. The molecule has 0 aromatic heterocycles. The van der Waals surface area contributed by atoms with Crippen molar-refractivity contribution in [3.63, 3.8) is 0 Å². The highest BCUT2D eigenvalue weighted by Gasteiger charge is 2.18. The molecule has 2 heteroatoms. The van der Waals surface area contributed by atoms with Crippen LogP contribution in [-0.4, -0.2) is 19.6 Å². The zero-order chi connectivity index (χ0) is 9.80. The molecule has 14 heavy (non-hydrogen) atoms. The van der Waals surface area contributed by atoms with Gasteiger partial charge >= 0.3 is 0 Å². The number of nitrogens with two attached hydrogens (primary N) is 1. The molecule has 1 fully saturated rings. The molecular formula is C12H18N2. The van der Waals surface area contributed by atoms with Crippen LogP contribution >= 0.6 is 0 Å². The van der Waals surface area contributed by atoms with E-state index < -0.39 is 0 Å². The Balaban J connectivity index is 2.04. The number of hydrogen-bond acceptors (Lipinski definition) is 2. The average Bonchev–Trinajstić information content (AvgIpc) is 2.30. The Bertz CT molecular complexity index is 271. The first-order valence-corrected chi connectivity index (χ1v) is 5.40. The average molecular weight is 190 g/mol. The van der Waals surface area contributed by atoms with E-state index in [-0.39, 0.29) is 0 Å². The van der Waals surface area contributed by atoms with Crippen molar-refractivity contribution in [1.29, 1.82) is 0 Å². The highest BCUT2D eigenvalue weighted by atomic mass is 15.1. The summed E-state index contributed by atoms with van der Waals surface area (Å²) >= 11 is 0. The van der Waals surface area contributed by atoms with E-state index >= 15 is 0 Å². The van der Waals surface area contributed by atoms with Crippen LogP contribution in [0.3, 0.4) is 0 Å². The molecule has 2 nitrogen and oxygen atoms in total. The maximum absolute atomic E-state index is 5.72. The van der Waals surface area contributed by atoms with Crippen LogP contribution in [0.4, 0.5) is 5.69 Å². The number of anilines is 1. The summed E-state index contributed by atoms with van der Waals surface area (Å²) in [6.07, 6.45) is 2.57. The number of piperidine rings is 1. The SMILES string of the molecule is NCC1CCCN(c2ccccc2)C1. The monoisotopic (exact) mass is 190 g/mol. The minimum absolute atomic E-state index is 0.684. The fourth-order valence-corrected chi connectivity index (χ4v) is 2.13. The Labute approximate surface area is 85.7 Å². The van der Waals surface area contributed by atoms with E-state index in [1.807, 2.05) is 0 Å². The summed E-state index contributed by atoms with van der Waals surface area (Å²) in [5, 5.41) is 0. The summed E-state index contributed by atoms with van der Waals surface area (Å²) in [4.78, 5) is 2.45. The van der Waals surface area contributed by atoms with Gasteiger partial charge in [-0.05, 0) is 37.4 Å². The van der Waals surface area contributed by atoms with E-state index in [9.17, 15) is 0 Å². The van der Waals surface area contributed by atoms with Gasteiger partial charge in [0.2, 0.25) is 0 Å². The molecule has 0 spiro atoms. The zero-order valence-corrected chi connectivity index (χ0v) is 8.52. The number of para-hydroxylation sites is 1. The van der Waals surface area contributed by atoms with Gasteiger partial charge in [-0.15, -0.1) is 0 Å². The zero-order valence-electron chi connectivity index (χ0n) is 8.52. The van der Waals surface area contributed by atoms with Gasteiger partial charge in [0, 0.05) is 18.8 Å². The molecule has 1 saturated heterocycles. The van der Waals surface area contributed by atoms with E-state index in [1.54, 1.807) is 0 Å². The van der Waals surface area contributed by atoms with Crippen molar-refractivity contribution in [3.05, 3.63) is 30.3 Å². The molecule has 1 aromatic carbocycles. The predicted octanol–water partition coefficient (Wildman–Crippen LogP) is 1.86. The highest BCUT2D eigenvalue weighted by Crippen LogP contribution is 2.21. The van der Waals surface area contributed by atoms with Crippen molar-refractivity contribution in [2.24, 2.45) is 11.7 Å². The first-order chi connectivity index (χ1) is 6.90. The van der Waals surface area contributed by atoms with Crippen LogP contribution in [-0.2, 0) is 0 Å². The third kappa shape index (κ3) is 2.07. The fourth-order valence-electron chi connectivity index (χ4n) is 2.13. The molecule has 76 valence electrons. The van der Waals surface area contributed by atoms with E-state index in [1.165, 1.54) is 25.1 Å². The smallest absolute Gasteiger partial charge is 0.0366 e. The van der Waals surface area contributed by atoms with Gasteiger partial charge in [-0.2, -0.15) is 0 Å². The van der Waals surface area contributed by atoms with Gasteiger partial charge in [0.1, 0.15) is 0 Å². The predicted molar refractivity (Wildman–Crippen MR) is 60.4 cm³/mol. The lowest BCUT2D eigenvalue weighted by molar-refractivity contribution is 0.423. The minimum Gasteiger partial charge on any atom is -0.371 e. The van der Waals surface area contributed by atoms with Gasteiger partial charge in [0.25, 0.3) is 0 Å². The van der Waals surface area contributed by atoms with Crippen molar-refractivity contribution < 1.29 is 0 Å². The van der Waals surface area contributed by atoms with E-state index in [0.29, 0.717) is 5.92 Å². The summed E-state index contributed by atoms with van der Waals surface area (Å²) in [6.45, 7) is 3.13. The van der Waals surface area contributed by atoms with Crippen LogP contribution in [0.2, 0.25) is 0 Å². The first kappa shape index (κ1) is 9.53. The molecule has 1 unspecified atom stereocenters. The van der Waals surface area contributed by atoms with Crippen LogP contribution < -0.4 is 10.6 Å². The van der Waals surface area contributed by atoms with Crippen LogP contribution in [0.1, 0.15) is 12.8 Å². The van der Waals surface area contributed by atoms with Crippen LogP contribution in [0.5, 0.6) is 0 Å². The molecule has 0 amide bonds. The minimum atomic E-state index is 0.684. The van der Waals surface area contributed by atoms with E-state index in [0.717, 1.165) is 13.1 Å². The van der Waals surface area contributed by atoms with Gasteiger partial charge in [-0.25, -0.2) is 0 Å². The van der Waals surface area contributed by atoms with Crippen LogP contribution in [0, 0.1) is 5.92 Å². The number of benzene rings is 1. The highest BCUT2D eigenvalue weighted by molar-refractivity contribution is 5.46. The molecule has 1 aromatic rings. The molecular weight excluding hydrogens is 172 g/mol. The molecule has 1 aliphatic rings. The third-order valence-corrected chi connectivity index (χ3v) is 2.97. The number of rotatable bonds is 2. The summed E-state index contributed by atoms with van der Waals surface area (Å²) in [5.41, 5.74) is 7.06. The Morgan fingerprint density at radius 2 is 2.07 bits per heavy atom. The molecule has 2 N–H and O–H groups in total. The molecule has 1 heterocycles. The molecule has 1 atom stereocenters. The lowest BCUT2D eigenvalue weighted by Gasteiger charge is -2.33. The van der Waals surface area contributed by atoms with Gasteiger partial charge in [-0.3, -0.25) is 0 Å². The fraction of sp³-hybridized carbons (Fsp3) is 0.500. The quantitative estimate of drug-likeness (QED) is 0.771. The van der Waals surface area contributed by atoms with Crippen LogP contribution in [0.25, 0.3) is 0 Å². The van der Waals surface area contributed by atoms with Crippen molar-refractivity contribution in [1.82, 2.24) is 0 Å². The maximum atomic E-state index is 5.72. The van der Waals surface area contributed by atoms with Gasteiger partial charge in [-0.1, -0.05) is 18.2 Å². The van der Waals surface area contributed by atoms with E-state index in [4.69, 9.17) is 5.73 Å². The van der Waals surface area contributed by atoms with Crippen molar-refractivity contribution in [2.75, 3.05) is 24.5 Å². The van der Waals surface area contributed by atoms with Gasteiger partial charge < -0.3 is 10.6 Å². The van der Waals surface area contributed by atoms with E-state index in [2.05, 4.69) is 35.2 Å². The Kier molecular flexibility index (Phi) is 3.04. The molecule has 0 radical (unpaired) electrons. The van der Waals surface area contributed by atoms with Crippen molar-refractivity contribution in [2.45, 2.75) is 12.8 Å². The molecule has 0 bridgehead atoms. The second-order valence-corrected chi connectivity index (χ2v) is 4.03. The molecule has 2 rings (SSSR count). The standard InChI is InChI=1S/C12H18N2/c13-9-11-5-4-8-14(10-11)12-6-2-1-3-7-12/h1-3,6-7,11H,4-5,8-10,13H2. The lowest BCUT2D eigenvalue weighted by atomic mass is 9.98. The normalized spacial score (nSPS) is 22.4. The van der Waals surface area contributed by atoms with Crippen LogP contribution in [0.15, 0.2) is 30.3 Å². The topological polar surface area (TPSA) is 29.3 Å². The summed E-state index contributed by atoms with van der Waals surface area (Å²) < 4.78 is 0. The molecule has 1 aliphatic heterocycles. The van der Waals surface area contributed by atoms with Gasteiger partial charge in [0.05, 0.1) is 0 Å². The largest absolute Gasteiger partial charge is 0.371 e. The molecule has 0 saturated carbocycles. The van der Waals surface area contributed by atoms with Crippen molar-refractivity contribution >= 4 is 5.69 Å². The Hall–Kier alpha value is -1.02. The summed E-state index contributed by atoms with van der Waals surface area (Å²) in [6, 6.07) is 10.6. The summed E-state index contributed by atoms with van der Waals surface area (Å²) in [7, 11) is 0. The first-order valence-electron chi connectivity index (χ1n) is 5.40. The second-order valence-electron chi connectivity index (χ2n) is 4.03. The van der Waals surface area contributed by atoms with Crippen molar-refractivity contribution in [3.8, 4) is 0 Å². The Morgan fingerprint density at radius 3 is 2.79 bits per heavy atom. The number of nitrogens with zero attached hydrogens (tertiary/aromatic N) is 1. The third-order valence-electron chi connectivity index (χ3n) is 2.97. The van der Waals surface area contributed by atoms with Gasteiger partial charge in [0.15, 0.2) is 0 Å². The summed E-state index contributed by atoms with van der Waals surface area (Å²) in [5.74, 6) is 0.684. The lowest BCUT2D eigenvalue weighted by Crippen LogP contribution is -2.38.